The first-order chi connectivity index (χ1) is 13.1. The lowest BCUT2D eigenvalue weighted by molar-refractivity contribution is -0.120. The van der Waals surface area contributed by atoms with E-state index < -0.39 is 5.91 Å². The van der Waals surface area contributed by atoms with Crippen LogP contribution in [0.3, 0.4) is 0 Å². The van der Waals surface area contributed by atoms with E-state index in [2.05, 4.69) is 10.6 Å². The summed E-state index contributed by atoms with van der Waals surface area (Å²) >= 11 is 0. The second-order valence-electron chi connectivity index (χ2n) is 5.64. The Kier molecular flexibility index (Phi) is 5.84. The summed E-state index contributed by atoms with van der Waals surface area (Å²) in [5, 5.41) is 5.18. The molecule has 0 saturated carbocycles. The number of furan rings is 1. The van der Waals surface area contributed by atoms with Crippen LogP contribution in [0.4, 0.5) is 4.39 Å². The van der Waals surface area contributed by atoms with Gasteiger partial charge in [-0.05, 0) is 54.1 Å². The quantitative estimate of drug-likeness (QED) is 0.671. The number of ether oxygens (including phenoxy) is 1. The fourth-order valence-corrected chi connectivity index (χ4v) is 2.23. The highest BCUT2D eigenvalue weighted by molar-refractivity contribution is 5.94. The molecule has 0 spiro atoms. The van der Waals surface area contributed by atoms with Gasteiger partial charge >= 0.3 is 0 Å². The fourth-order valence-electron chi connectivity index (χ4n) is 2.23. The summed E-state index contributed by atoms with van der Waals surface area (Å²) in [5.74, 6) is 0.194. The third-order valence-corrected chi connectivity index (χ3v) is 3.62. The first kappa shape index (κ1) is 18.2. The van der Waals surface area contributed by atoms with Crippen LogP contribution in [-0.4, -0.2) is 18.4 Å². The molecule has 0 aliphatic heterocycles. The SMILES string of the molecule is O=C(CNC(=O)c1ccco1)NCc1ccc(Oc2ccc(F)cc2)cc1. The van der Waals surface area contributed by atoms with Gasteiger partial charge in [-0.2, -0.15) is 0 Å². The maximum Gasteiger partial charge on any atom is 0.287 e. The van der Waals surface area contributed by atoms with E-state index in [0.29, 0.717) is 18.0 Å². The standard InChI is InChI=1S/C20H17FN2O4/c21-15-5-9-17(10-6-15)27-16-7-3-14(4-8-16)12-22-19(24)13-23-20(25)18-2-1-11-26-18/h1-11H,12-13H2,(H,22,24)(H,23,25). The number of halogens is 1. The van der Waals surface area contributed by atoms with Crippen molar-refractivity contribution in [3.05, 3.63) is 84.1 Å². The Labute approximate surface area is 155 Å². The van der Waals surface area contributed by atoms with Crippen molar-refractivity contribution in [1.82, 2.24) is 10.6 Å². The molecule has 0 radical (unpaired) electrons. The Morgan fingerprint density at radius 1 is 0.926 bits per heavy atom. The van der Waals surface area contributed by atoms with Crippen molar-refractivity contribution >= 4 is 11.8 Å². The molecule has 2 amide bonds. The molecule has 0 bridgehead atoms. The Bertz CT molecular complexity index is 891. The molecule has 0 atom stereocenters. The van der Waals surface area contributed by atoms with Gasteiger partial charge in [-0.3, -0.25) is 9.59 Å². The topological polar surface area (TPSA) is 80.6 Å². The lowest BCUT2D eigenvalue weighted by Crippen LogP contribution is -2.36. The van der Waals surface area contributed by atoms with Crippen LogP contribution in [0.1, 0.15) is 16.1 Å². The Morgan fingerprint density at radius 3 is 2.22 bits per heavy atom. The maximum absolute atomic E-state index is 12.9. The molecular formula is C20H17FN2O4. The van der Waals surface area contributed by atoms with Gasteiger partial charge in [0.15, 0.2) is 5.76 Å². The summed E-state index contributed by atoms with van der Waals surface area (Å²) in [4.78, 5) is 23.5. The highest BCUT2D eigenvalue weighted by Crippen LogP contribution is 2.21. The number of nitrogens with one attached hydrogen (secondary N) is 2. The van der Waals surface area contributed by atoms with Crippen LogP contribution in [0.2, 0.25) is 0 Å². The highest BCUT2D eigenvalue weighted by atomic mass is 19.1. The van der Waals surface area contributed by atoms with E-state index in [-0.39, 0.29) is 24.0 Å². The van der Waals surface area contributed by atoms with E-state index in [1.165, 1.54) is 24.5 Å². The van der Waals surface area contributed by atoms with E-state index in [9.17, 15) is 14.0 Å². The van der Waals surface area contributed by atoms with Gasteiger partial charge < -0.3 is 19.8 Å². The largest absolute Gasteiger partial charge is 0.459 e. The van der Waals surface area contributed by atoms with Gasteiger partial charge in [0.2, 0.25) is 5.91 Å². The average Bonchev–Trinajstić information content (AvgIpc) is 3.22. The van der Waals surface area contributed by atoms with Gasteiger partial charge in [0.1, 0.15) is 17.3 Å². The van der Waals surface area contributed by atoms with Gasteiger partial charge in [-0.1, -0.05) is 12.1 Å². The van der Waals surface area contributed by atoms with Crippen molar-refractivity contribution in [2.45, 2.75) is 6.54 Å². The number of hydrogen-bond donors (Lipinski definition) is 2. The van der Waals surface area contributed by atoms with Gasteiger partial charge in [-0.15, -0.1) is 0 Å². The minimum atomic E-state index is -0.447. The minimum absolute atomic E-state index is 0.148. The lowest BCUT2D eigenvalue weighted by Gasteiger charge is -2.08. The maximum atomic E-state index is 12.9. The Balaban J connectivity index is 1.43. The number of amides is 2. The van der Waals surface area contributed by atoms with Crippen LogP contribution in [0.25, 0.3) is 0 Å². The molecule has 0 aliphatic rings. The van der Waals surface area contributed by atoms with Gasteiger partial charge in [-0.25, -0.2) is 4.39 Å². The van der Waals surface area contributed by atoms with Crippen molar-refractivity contribution in [1.29, 1.82) is 0 Å². The zero-order valence-electron chi connectivity index (χ0n) is 14.3. The van der Waals surface area contributed by atoms with Gasteiger partial charge in [0, 0.05) is 6.54 Å². The highest BCUT2D eigenvalue weighted by Gasteiger charge is 2.10. The predicted octanol–water partition coefficient (Wildman–Crippen LogP) is 3.26. The van der Waals surface area contributed by atoms with E-state index in [1.807, 2.05) is 0 Å². The monoisotopic (exact) mass is 368 g/mol. The molecule has 1 aromatic heterocycles. The van der Waals surface area contributed by atoms with Gasteiger partial charge in [0.25, 0.3) is 5.91 Å². The van der Waals surface area contributed by atoms with Gasteiger partial charge in [0.05, 0.1) is 12.8 Å². The molecule has 3 aromatic rings. The minimum Gasteiger partial charge on any atom is -0.459 e. The number of benzene rings is 2. The zero-order chi connectivity index (χ0) is 19.1. The van der Waals surface area contributed by atoms with Crippen LogP contribution < -0.4 is 15.4 Å². The summed E-state index contributed by atoms with van der Waals surface area (Å²) in [6.07, 6.45) is 1.39. The summed E-state index contributed by atoms with van der Waals surface area (Å²) in [7, 11) is 0. The Morgan fingerprint density at radius 2 is 1.59 bits per heavy atom. The second-order valence-corrected chi connectivity index (χ2v) is 5.64. The lowest BCUT2D eigenvalue weighted by atomic mass is 10.2. The third-order valence-electron chi connectivity index (χ3n) is 3.62. The summed E-state index contributed by atoms with van der Waals surface area (Å²) in [6.45, 7) is 0.164. The molecule has 27 heavy (non-hydrogen) atoms. The molecule has 2 aromatic carbocycles. The van der Waals surface area contributed by atoms with Crippen molar-refractivity contribution in [3.63, 3.8) is 0 Å². The molecule has 2 N–H and O–H groups in total. The normalized spacial score (nSPS) is 10.3. The molecule has 6 nitrogen and oxygen atoms in total. The molecule has 0 aliphatic carbocycles. The summed E-state index contributed by atoms with van der Waals surface area (Å²) in [5.41, 5.74) is 0.868. The van der Waals surface area contributed by atoms with Crippen molar-refractivity contribution < 1.29 is 23.1 Å². The second kappa shape index (κ2) is 8.66. The fraction of sp³-hybridized carbons (Fsp3) is 0.100. The number of hydrogen-bond acceptors (Lipinski definition) is 4. The molecule has 0 unspecified atom stereocenters. The van der Waals surface area contributed by atoms with Crippen LogP contribution in [0, 0.1) is 5.82 Å². The molecule has 0 fully saturated rings. The number of carbonyl (C=O) groups is 2. The van der Waals surface area contributed by atoms with Crippen LogP contribution in [-0.2, 0) is 11.3 Å². The first-order valence-electron chi connectivity index (χ1n) is 8.21. The van der Waals surface area contributed by atoms with Crippen molar-refractivity contribution in [3.8, 4) is 11.5 Å². The zero-order valence-corrected chi connectivity index (χ0v) is 14.3. The molecule has 3 rings (SSSR count). The summed E-state index contributed by atoms with van der Waals surface area (Å²) in [6, 6.07) is 16.0. The summed E-state index contributed by atoms with van der Waals surface area (Å²) < 4.78 is 23.4. The third kappa shape index (κ3) is 5.43. The van der Waals surface area contributed by atoms with E-state index in [1.54, 1.807) is 42.5 Å². The Hall–Kier alpha value is -3.61. The van der Waals surface area contributed by atoms with E-state index in [4.69, 9.17) is 9.15 Å². The average molecular weight is 368 g/mol. The molecule has 7 heteroatoms. The van der Waals surface area contributed by atoms with Crippen molar-refractivity contribution in [2.75, 3.05) is 6.54 Å². The van der Waals surface area contributed by atoms with Crippen LogP contribution in [0.15, 0.2) is 71.3 Å². The van der Waals surface area contributed by atoms with E-state index in [0.717, 1.165) is 5.56 Å². The van der Waals surface area contributed by atoms with Crippen molar-refractivity contribution in [2.24, 2.45) is 0 Å². The molecular weight excluding hydrogens is 351 g/mol. The van der Waals surface area contributed by atoms with E-state index >= 15 is 0 Å². The molecule has 0 saturated heterocycles. The number of rotatable bonds is 7. The molecule has 1 heterocycles. The first-order valence-corrected chi connectivity index (χ1v) is 8.21. The molecule has 138 valence electrons. The predicted molar refractivity (Wildman–Crippen MR) is 95.8 cm³/mol. The van der Waals surface area contributed by atoms with Crippen LogP contribution in [0.5, 0.6) is 11.5 Å². The smallest absolute Gasteiger partial charge is 0.287 e. The number of carbonyl (C=O) groups excluding carboxylic acids is 2. The van der Waals surface area contributed by atoms with Crippen LogP contribution >= 0.6 is 0 Å².